The van der Waals surface area contributed by atoms with Gasteiger partial charge in [0.25, 0.3) is 0 Å². The van der Waals surface area contributed by atoms with Gasteiger partial charge in [0.1, 0.15) is 6.10 Å². The molecule has 20 heavy (non-hydrogen) atoms. The molecule has 0 radical (unpaired) electrons. The summed E-state index contributed by atoms with van der Waals surface area (Å²) in [5.74, 6) is 0. The fourth-order valence-corrected chi connectivity index (χ4v) is 2.41. The van der Waals surface area contributed by atoms with Crippen molar-refractivity contribution in [1.82, 2.24) is 4.98 Å². The van der Waals surface area contributed by atoms with Crippen LogP contribution in [0.2, 0.25) is 0 Å². The Hall–Kier alpha value is -1.40. The van der Waals surface area contributed by atoms with Crippen LogP contribution in [0.3, 0.4) is 0 Å². The Kier molecular flexibility index (Phi) is 4.15. The molecule has 0 fully saturated rings. The van der Waals surface area contributed by atoms with Gasteiger partial charge in [0.15, 0.2) is 0 Å². The predicted molar refractivity (Wildman–Crippen MR) is 72.2 cm³/mol. The first-order valence-corrected chi connectivity index (χ1v) is 6.56. The van der Waals surface area contributed by atoms with Crippen LogP contribution >= 0.6 is 15.9 Å². The highest BCUT2D eigenvalue weighted by molar-refractivity contribution is 9.10. The average Bonchev–Trinajstić information content (AvgIpc) is 2.40. The van der Waals surface area contributed by atoms with E-state index < -0.39 is 17.8 Å². The van der Waals surface area contributed by atoms with Gasteiger partial charge in [-0.15, -0.1) is 0 Å². The summed E-state index contributed by atoms with van der Waals surface area (Å²) in [7, 11) is 0. The van der Waals surface area contributed by atoms with Crippen molar-refractivity contribution in [1.29, 1.82) is 0 Å². The molecule has 0 spiro atoms. The fourth-order valence-electron chi connectivity index (χ4n) is 1.93. The van der Waals surface area contributed by atoms with E-state index in [0.717, 1.165) is 24.0 Å². The van der Waals surface area contributed by atoms with Crippen LogP contribution < -0.4 is 0 Å². The Bertz CT molecular complexity index is 628. The molecular formula is C14H11BrF3NO. The lowest BCUT2D eigenvalue weighted by Gasteiger charge is -2.18. The van der Waals surface area contributed by atoms with Gasteiger partial charge in [-0.25, -0.2) is 0 Å². The van der Waals surface area contributed by atoms with Crippen molar-refractivity contribution in [3.8, 4) is 0 Å². The number of hydrogen-bond donors (Lipinski definition) is 1. The van der Waals surface area contributed by atoms with Crippen molar-refractivity contribution >= 4 is 15.9 Å². The third-order valence-corrected chi connectivity index (χ3v) is 4.05. The summed E-state index contributed by atoms with van der Waals surface area (Å²) < 4.78 is 39.4. The van der Waals surface area contributed by atoms with Gasteiger partial charge >= 0.3 is 6.18 Å². The molecule has 2 rings (SSSR count). The normalized spacial score (nSPS) is 13.3. The van der Waals surface area contributed by atoms with Gasteiger partial charge < -0.3 is 5.11 Å². The Morgan fingerprint density at radius 3 is 2.55 bits per heavy atom. The first-order chi connectivity index (χ1) is 9.32. The highest BCUT2D eigenvalue weighted by Gasteiger charge is 2.35. The second kappa shape index (κ2) is 5.54. The zero-order valence-corrected chi connectivity index (χ0v) is 12.0. The number of nitrogens with zero attached hydrogens (tertiary/aromatic N) is 1. The van der Waals surface area contributed by atoms with E-state index in [2.05, 4.69) is 20.9 Å². The summed E-state index contributed by atoms with van der Waals surface area (Å²) in [5.41, 5.74) is 0.0715. The van der Waals surface area contributed by atoms with E-state index in [0.29, 0.717) is 10.0 Å². The number of aromatic nitrogens is 1. The molecule has 2 aromatic rings. The summed E-state index contributed by atoms with van der Waals surface area (Å²) >= 11 is 3.29. The second-order valence-corrected chi connectivity index (χ2v) is 5.13. The van der Waals surface area contributed by atoms with Crippen molar-refractivity contribution in [3.05, 3.63) is 63.4 Å². The molecule has 0 saturated heterocycles. The van der Waals surface area contributed by atoms with Gasteiger partial charge in [-0.05, 0) is 24.1 Å². The Morgan fingerprint density at radius 2 is 1.90 bits per heavy atom. The number of rotatable bonds is 2. The molecule has 0 aliphatic rings. The first kappa shape index (κ1) is 15.0. The van der Waals surface area contributed by atoms with E-state index in [1.807, 2.05) is 0 Å². The fraction of sp³-hybridized carbons (Fsp3) is 0.214. The number of benzene rings is 1. The molecule has 6 heteroatoms. The minimum atomic E-state index is -4.53. The van der Waals surface area contributed by atoms with Crippen molar-refractivity contribution in [2.45, 2.75) is 19.2 Å². The Balaban J connectivity index is 2.55. The van der Waals surface area contributed by atoms with Crippen LogP contribution in [0.5, 0.6) is 0 Å². The number of aliphatic hydroxyl groups excluding tert-OH is 1. The molecule has 1 aromatic carbocycles. The smallest absolute Gasteiger partial charge is 0.384 e. The molecule has 0 saturated carbocycles. The maximum absolute atomic E-state index is 13.0. The molecular weight excluding hydrogens is 335 g/mol. The number of pyridine rings is 1. The molecule has 1 heterocycles. The van der Waals surface area contributed by atoms with Gasteiger partial charge in [-0.1, -0.05) is 34.1 Å². The van der Waals surface area contributed by atoms with E-state index in [4.69, 9.17) is 0 Å². The molecule has 1 aromatic heterocycles. The zero-order chi connectivity index (χ0) is 14.9. The van der Waals surface area contributed by atoms with Crippen molar-refractivity contribution in [3.63, 3.8) is 0 Å². The minimum absolute atomic E-state index is 0.258. The third kappa shape index (κ3) is 2.86. The van der Waals surface area contributed by atoms with Gasteiger partial charge in [0, 0.05) is 22.4 Å². The van der Waals surface area contributed by atoms with Crippen molar-refractivity contribution in [2.24, 2.45) is 0 Å². The van der Waals surface area contributed by atoms with Gasteiger partial charge in [-0.3, -0.25) is 4.98 Å². The van der Waals surface area contributed by atoms with E-state index in [1.165, 1.54) is 0 Å². The molecule has 0 amide bonds. The number of hydrogen-bond acceptors (Lipinski definition) is 2. The number of aliphatic hydroxyl groups is 1. The van der Waals surface area contributed by atoms with Crippen LogP contribution in [0.1, 0.15) is 28.4 Å². The highest BCUT2D eigenvalue weighted by atomic mass is 79.9. The van der Waals surface area contributed by atoms with Gasteiger partial charge in [0.2, 0.25) is 0 Å². The third-order valence-electron chi connectivity index (χ3n) is 2.97. The van der Waals surface area contributed by atoms with Crippen LogP contribution in [0.25, 0.3) is 0 Å². The van der Waals surface area contributed by atoms with E-state index in [-0.39, 0.29) is 5.56 Å². The van der Waals surface area contributed by atoms with E-state index in [9.17, 15) is 18.3 Å². The summed E-state index contributed by atoms with van der Waals surface area (Å²) in [6.07, 6.45) is -3.82. The zero-order valence-electron chi connectivity index (χ0n) is 10.4. The molecule has 1 atom stereocenters. The van der Waals surface area contributed by atoms with Crippen LogP contribution in [-0.4, -0.2) is 10.1 Å². The standard InChI is InChI=1S/C14H11BrF3NO/c1-8-3-2-4-9(12(8)15)13(20)10-7-19-6-5-11(10)14(16,17)18/h2-7,13,20H,1H3. The van der Waals surface area contributed by atoms with E-state index in [1.54, 1.807) is 25.1 Å². The first-order valence-electron chi connectivity index (χ1n) is 5.76. The van der Waals surface area contributed by atoms with Crippen LogP contribution in [0.4, 0.5) is 13.2 Å². The molecule has 1 unspecified atom stereocenters. The summed E-state index contributed by atoms with van der Waals surface area (Å²) in [6, 6.07) is 5.92. The lowest BCUT2D eigenvalue weighted by atomic mass is 9.97. The summed E-state index contributed by atoms with van der Waals surface area (Å²) in [6.45, 7) is 1.80. The molecule has 2 nitrogen and oxygen atoms in total. The molecule has 0 aliphatic heterocycles. The van der Waals surface area contributed by atoms with E-state index >= 15 is 0 Å². The van der Waals surface area contributed by atoms with Crippen LogP contribution in [-0.2, 0) is 6.18 Å². The molecule has 1 N–H and O–H groups in total. The number of halogens is 4. The lowest BCUT2D eigenvalue weighted by Crippen LogP contribution is -2.13. The lowest BCUT2D eigenvalue weighted by molar-refractivity contribution is -0.139. The van der Waals surface area contributed by atoms with Gasteiger partial charge in [0.05, 0.1) is 5.56 Å². The largest absolute Gasteiger partial charge is 0.416 e. The van der Waals surface area contributed by atoms with Crippen LogP contribution in [0, 0.1) is 6.92 Å². The molecule has 0 aliphatic carbocycles. The maximum Gasteiger partial charge on any atom is 0.416 e. The maximum atomic E-state index is 13.0. The van der Waals surface area contributed by atoms with Crippen LogP contribution in [0.15, 0.2) is 41.1 Å². The monoisotopic (exact) mass is 345 g/mol. The highest BCUT2D eigenvalue weighted by Crippen LogP contribution is 2.38. The Morgan fingerprint density at radius 1 is 1.20 bits per heavy atom. The Labute approximate surface area is 122 Å². The predicted octanol–water partition coefficient (Wildman–Crippen LogP) is 4.25. The summed E-state index contributed by atoms with van der Waals surface area (Å²) in [4.78, 5) is 3.68. The average molecular weight is 346 g/mol. The minimum Gasteiger partial charge on any atom is -0.384 e. The number of aryl methyl sites for hydroxylation is 1. The molecule has 106 valence electrons. The van der Waals surface area contributed by atoms with Crippen molar-refractivity contribution in [2.75, 3.05) is 0 Å². The quantitative estimate of drug-likeness (QED) is 0.882. The molecule has 0 bridgehead atoms. The van der Waals surface area contributed by atoms with Crippen molar-refractivity contribution < 1.29 is 18.3 Å². The topological polar surface area (TPSA) is 33.1 Å². The SMILES string of the molecule is Cc1cccc(C(O)c2cnccc2C(F)(F)F)c1Br. The number of alkyl halides is 3. The van der Waals surface area contributed by atoms with Gasteiger partial charge in [-0.2, -0.15) is 13.2 Å². The second-order valence-electron chi connectivity index (χ2n) is 4.34. The summed E-state index contributed by atoms with van der Waals surface area (Å²) in [5, 5.41) is 10.3.